The maximum absolute atomic E-state index is 10.1. The van der Waals surface area contributed by atoms with Gasteiger partial charge in [0, 0.05) is 17.1 Å². The van der Waals surface area contributed by atoms with Crippen LogP contribution in [0.1, 0.15) is 11.1 Å². The van der Waals surface area contributed by atoms with Crippen LogP contribution in [-0.4, -0.2) is 37.6 Å². The minimum atomic E-state index is 0.0827. The number of hydrogen-bond donors (Lipinski definition) is 2. The third-order valence-corrected chi connectivity index (χ3v) is 3.97. The van der Waals surface area contributed by atoms with Crippen LogP contribution in [0.5, 0.6) is 23.1 Å². The second-order valence-corrected chi connectivity index (χ2v) is 5.46. The lowest BCUT2D eigenvalue weighted by Gasteiger charge is -2.08. The van der Waals surface area contributed by atoms with Crippen LogP contribution in [0, 0.1) is 0 Å². The predicted octanol–water partition coefficient (Wildman–Crippen LogP) is 3.52. The Morgan fingerprint density at radius 3 is 2.52 bits per heavy atom. The zero-order valence-electron chi connectivity index (χ0n) is 14.4. The molecule has 0 aliphatic heterocycles. The molecule has 3 aromatic rings. The van der Waals surface area contributed by atoms with Crippen LogP contribution < -0.4 is 14.2 Å². The van der Waals surface area contributed by atoms with Crippen molar-refractivity contribution in [1.29, 1.82) is 0 Å². The van der Waals surface area contributed by atoms with Gasteiger partial charge in [0.05, 0.1) is 33.4 Å². The summed E-state index contributed by atoms with van der Waals surface area (Å²) in [6, 6.07) is 11.2. The van der Waals surface area contributed by atoms with Crippen molar-refractivity contribution < 1.29 is 19.3 Å². The molecule has 0 amide bonds. The summed E-state index contributed by atoms with van der Waals surface area (Å²) >= 11 is 0. The van der Waals surface area contributed by atoms with Crippen LogP contribution in [0.3, 0.4) is 0 Å². The molecule has 0 aliphatic rings. The fourth-order valence-corrected chi connectivity index (χ4v) is 2.66. The van der Waals surface area contributed by atoms with Crippen molar-refractivity contribution in [3.05, 3.63) is 47.5 Å². The summed E-state index contributed by atoms with van der Waals surface area (Å²) in [4.78, 5) is 7.37. The number of aromatic hydroxyl groups is 1. The molecule has 0 bridgehead atoms. The minimum Gasteiger partial charge on any atom is -0.497 e. The lowest BCUT2D eigenvalue weighted by Crippen LogP contribution is -1.92. The summed E-state index contributed by atoms with van der Waals surface area (Å²) in [5.41, 5.74) is 2.44. The number of nitrogens with one attached hydrogen (secondary N) is 1. The van der Waals surface area contributed by atoms with Gasteiger partial charge in [-0.05, 0) is 35.9 Å². The van der Waals surface area contributed by atoms with Gasteiger partial charge in [-0.1, -0.05) is 6.07 Å². The van der Waals surface area contributed by atoms with E-state index in [0.29, 0.717) is 23.6 Å². The monoisotopic (exact) mass is 340 g/mol. The van der Waals surface area contributed by atoms with Crippen LogP contribution >= 0.6 is 0 Å². The number of H-pyrrole nitrogens is 1. The molecular formula is C19H20N2O4. The molecule has 1 aromatic heterocycles. The third-order valence-electron chi connectivity index (χ3n) is 3.97. The molecule has 130 valence electrons. The summed E-state index contributed by atoms with van der Waals surface area (Å²) in [5.74, 6) is 2.15. The van der Waals surface area contributed by atoms with Crippen molar-refractivity contribution in [2.24, 2.45) is 4.99 Å². The van der Waals surface area contributed by atoms with E-state index in [1.807, 2.05) is 36.4 Å². The van der Waals surface area contributed by atoms with E-state index >= 15 is 0 Å². The Kier molecular flexibility index (Phi) is 4.79. The fourth-order valence-electron chi connectivity index (χ4n) is 2.66. The van der Waals surface area contributed by atoms with Gasteiger partial charge < -0.3 is 24.3 Å². The van der Waals surface area contributed by atoms with Gasteiger partial charge in [0.1, 0.15) is 5.75 Å². The van der Waals surface area contributed by atoms with E-state index in [9.17, 15) is 5.11 Å². The Morgan fingerprint density at radius 2 is 1.80 bits per heavy atom. The maximum atomic E-state index is 10.1. The smallest absolute Gasteiger partial charge is 0.198 e. The number of hydrogen-bond acceptors (Lipinski definition) is 5. The molecule has 6 heteroatoms. The van der Waals surface area contributed by atoms with E-state index in [1.165, 1.54) is 0 Å². The molecule has 6 nitrogen and oxygen atoms in total. The van der Waals surface area contributed by atoms with Gasteiger partial charge >= 0.3 is 0 Å². The van der Waals surface area contributed by atoms with Crippen molar-refractivity contribution >= 4 is 17.1 Å². The Bertz CT molecular complexity index is 915. The molecule has 0 atom stereocenters. The molecule has 0 radical (unpaired) electrons. The molecule has 2 aromatic carbocycles. The Balaban J connectivity index is 1.85. The quantitative estimate of drug-likeness (QED) is 0.673. The highest BCUT2D eigenvalue weighted by Crippen LogP contribution is 2.30. The summed E-state index contributed by atoms with van der Waals surface area (Å²) in [6.07, 6.45) is 1.66. The maximum Gasteiger partial charge on any atom is 0.198 e. The number of ether oxygens (including phenoxy) is 3. The van der Waals surface area contributed by atoms with E-state index in [4.69, 9.17) is 14.2 Å². The topological polar surface area (TPSA) is 76.1 Å². The van der Waals surface area contributed by atoms with Gasteiger partial charge in [-0.25, -0.2) is 0 Å². The summed E-state index contributed by atoms with van der Waals surface area (Å²) in [5, 5.41) is 11.0. The molecule has 2 N–H and O–H groups in total. The van der Waals surface area contributed by atoms with Gasteiger partial charge in [0.25, 0.3) is 0 Å². The highest BCUT2D eigenvalue weighted by molar-refractivity contribution is 6.02. The number of rotatable bonds is 6. The molecule has 0 fully saturated rings. The van der Waals surface area contributed by atoms with Crippen LogP contribution in [0.15, 0.2) is 41.4 Å². The lowest BCUT2D eigenvalue weighted by molar-refractivity contribution is 0.354. The zero-order valence-corrected chi connectivity index (χ0v) is 14.4. The van der Waals surface area contributed by atoms with Crippen LogP contribution in [0.4, 0.5) is 0 Å². The van der Waals surface area contributed by atoms with Crippen molar-refractivity contribution in [3.8, 4) is 23.1 Å². The number of benzene rings is 2. The molecule has 0 unspecified atom stereocenters. The van der Waals surface area contributed by atoms with Crippen molar-refractivity contribution in [2.45, 2.75) is 6.54 Å². The van der Waals surface area contributed by atoms with E-state index in [2.05, 4.69) is 9.98 Å². The SMILES string of the molecule is COc1ccc2[nH]c(O)c(C=NCc3ccc(OC)c(OC)c3)c2c1. The van der Waals surface area contributed by atoms with E-state index in [1.54, 1.807) is 27.5 Å². The van der Waals surface area contributed by atoms with Crippen LogP contribution in [0.25, 0.3) is 10.9 Å². The molecule has 1 heterocycles. The molecular weight excluding hydrogens is 320 g/mol. The predicted molar refractivity (Wildman–Crippen MR) is 97.4 cm³/mol. The molecule has 0 spiro atoms. The van der Waals surface area contributed by atoms with Gasteiger partial charge in [0.2, 0.25) is 0 Å². The number of methoxy groups -OCH3 is 3. The normalized spacial score (nSPS) is 11.2. The van der Waals surface area contributed by atoms with E-state index in [0.717, 1.165) is 22.2 Å². The summed E-state index contributed by atoms with van der Waals surface area (Å²) in [6.45, 7) is 0.455. The molecule has 0 saturated heterocycles. The average molecular weight is 340 g/mol. The number of aliphatic imine (C=N–C) groups is 1. The number of nitrogens with zero attached hydrogens (tertiary/aromatic N) is 1. The Hall–Kier alpha value is -3.15. The Labute approximate surface area is 145 Å². The standard InChI is InChI=1S/C19H20N2O4/c1-23-13-5-6-16-14(9-13)15(19(22)21-16)11-20-10-12-4-7-17(24-2)18(8-12)25-3/h4-9,11,21-22H,10H2,1-3H3. The van der Waals surface area contributed by atoms with Crippen molar-refractivity contribution in [3.63, 3.8) is 0 Å². The number of fused-ring (bicyclic) bond motifs is 1. The first-order valence-corrected chi connectivity index (χ1v) is 7.75. The van der Waals surface area contributed by atoms with Crippen molar-refractivity contribution in [1.82, 2.24) is 4.98 Å². The fraction of sp³-hybridized carbons (Fsp3) is 0.211. The lowest BCUT2D eigenvalue weighted by atomic mass is 10.1. The van der Waals surface area contributed by atoms with Crippen LogP contribution in [-0.2, 0) is 6.54 Å². The molecule has 0 aliphatic carbocycles. The largest absolute Gasteiger partial charge is 0.497 e. The van der Waals surface area contributed by atoms with Gasteiger partial charge in [0.15, 0.2) is 17.4 Å². The average Bonchev–Trinajstić information content (AvgIpc) is 2.96. The van der Waals surface area contributed by atoms with E-state index in [-0.39, 0.29) is 5.88 Å². The third kappa shape index (κ3) is 3.38. The first kappa shape index (κ1) is 16.7. The number of aromatic amines is 1. The van der Waals surface area contributed by atoms with Gasteiger partial charge in [-0.2, -0.15) is 0 Å². The molecule has 3 rings (SSSR count). The van der Waals surface area contributed by atoms with Crippen LogP contribution in [0.2, 0.25) is 0 Å². The zero-order chi connectivity index (χ0) is 17.8. The van der Waals surface area contributed by atoms with Gasteiger partial charge in [-0.15, -0.1) is 0 Å². The first-order valence-electron chi connectivity index (χ1n) is 7.75. The summed E-state index contributed by atoms with van der Waals surface area (Å²) in [7, 11) is 4.81. The first-order chi connectivity index (χ1) is 12.2. The molecule has 25 heavy (non-hydrogen) atoms. The second-order valence-electron chi connectivity index (χ2n) is 5.46. The summed E-state index contributed by atoms with van der Waals surface area (Å²) < 4.78 is 15.8. The van der Waals surface area contributed by atoms with E-state index < -0.39 is 0 Å². The second kappa shape index (κ2) is 7.17. The number of aromatic nitrogens is 1. The highest BCUT2D eigenvalue weighted by atomic mass is 16.5. The highest BCUT2D eigenvalue weighted by Gasteiger charge is 2.10. The molecule has 0 saturated carbocycles. The Morgan fingerprint density at radius 1 is 1.00 bits per heavy atom. The minimum absolute atomic E-state index is 0.0827. The van der Waals surface area contributed by atoms with Crippen molar-refractivity contribution in [2.75, 3.05) is 21.3 Å². The van der Waals surface area contributed by atoms with Gasteiger partial charge in [-0.3, -0.25) is 4.99 Å².